The summed E-state index contributed by atoms with van der Waals surface area (Å²) in [5.41, 5.74) is 8.82. The summed E-state index contributed by atoms with van der Waals surface area (Å²) in [6, 6.07) is 6.38. The van der Waals surface area contributed by atoms with Gasteiger partial charge >= 0.3 is 0 Å². The van der Waals surface area contributed by atoms with Crippen LogP contribution in [0.2, 0.25) is 0 Å². The highest BCUT2D eigenvalue weighted by Crippen LogP contribution is 2.66. The molecule has 2 saturated carbocycles. The Balaban J connectivity index is 1.05. The fourth-order valence-electron chi connectivity index (χ4n) is 7.64. The number of methoxy groups -OCH3 is 2. The second kappa shape index (κ2) is 9.50. The van der Waals surface area contributed by atoms with E-state index in [1.807, 2.05) is 24.1 Å². The van der Waals surface area contributed by atoms with Gasteiger partial charge < -0.3 is 29.3 Å². The highest BCUT2D eigenvalue weighted by atomic mass is 16.5. The Labute approximate surface area is 228 Å². The van der Waals surface area contributed by atoms with Gasteiger partial charge in [0.1, 0.15) is 12.1 Å². The third-order valence-corrected chi connectivity index (χ3v) is 9.70. The van der Waals surface area contributed by atoms with E-state index in [9.17, 15) is 4.79 Å². The molecule has 6 atom stereocenters. The number of hydrogen-bond acceptors (Lipinski definition) is 10. The normalized spacial score (nSPS) is 33.2. The highest BCUT2D eigenvalue weighted by Gasteiger charge is 2.68. The number of carbonyl (C=O) groups excluding carboxylic acids is 1. The van der Waals surface area contributed by atoms with Crippen molar-refractivity contribution >= 4 is 23.2 Å². The predicted molar refractivity (Wildman–Crippen MR) is 146 cm³/mol. The van der Waals surface area contributed by atoms with Gasteiger partial charge in [-0.2, -0.15) is 0 Å². The number of ether oxygens (including phenoxy) is 3. The molecule has 7 rings (SSSR count). The van der Waals surface area contributed by atoms with Crippen LogP contribution in [0, 0.1) is 17.8 Å². The van der Waals surface area contributed by atoms with Gasteiger partial charge in [0.15, 0.2) is 11.6 Å². The number of benzene rings is 1. The van der Waals surface area contributed by atoms with E-state index in [2.05, 4.69) is 37.1 Å². The van der Waals surface area contributed by atoms with E-state index >= 15 is 0 Å². The second-order valence-electron chi connectivity index (χ2n) is 11.5. The number of hydrazine groups is 1. The van der Waals surface area contributed by atoms with Crippen molar-refractivity contribution in [3.63, 3.8) is 0 Å². The molecule has 2 aromatic rings. The molecule has 1 amide bonds. The summed E-state index contributed by atoms with van der Waals surface area (Å²) in [4.78, 5) is 26.6. The Hall–Kier alpha value is -3.15. The number of nitrogens with zero attached hydrogens (tertiary/aromatic N) is 4. The van der Waals surface area contributed by atoms with Gasteiger partial charge in [-0.25, -0.2) is 15.4 Å². The van der Waals surface area contributed by atoms with Gasteiger partial charge in [-0.3, -0.25) is 10.2 Å². The fraction of sp³-hybridized carbons (Fsp3) is 0.607. The Bertz CT molecular complexity index is 1270. The molecule has 3 N–H and O–H groups in total. The molecule has 4 heterocycles. The van der Waals surface area contributed by atoms with Crippen molar-refractivity contribution < 1.29 is 19.0 Å². The molecule has 1 aromatic carbocycles. The van der Waals surface area contributed by atoms with E-state index in [0.29, 0.717) is 48.6 Å². The molecular formula is C28H37N7O4. The molecule has 3 aliphatic heterocycles. The number of carbonyl (C=O) groups is 1. The summed E-state index contributed by atoms with van der Waals surface area (Å²) in [6.45, 7) is 2.91. The van der Waals surface area contributed by atoms with Crippen LogP contribution in [0.15, 0.2) is 24.5 Å². The first-order valence-corrected chi connectivity index (χ1v) is 14.0. The zero-order valence-corrected chi connectivity index (χ0v) is 22.8. The number of anilines is 3. The molecule has 11 heteroatoms. The van der Waals surface area contributed by atoms with Gasteiger partial charge in [0.05, 0.1) is 39.0 Å². The van der Waals surface area contributed by atoms with Crippen LogP contribution >= 0.6 is 0 Å². The molecule has 0 radical (unpaired) electrons. The lowest BCUT2D eigenvalue weighted by Crippen LogP contribution is -2.40. The van der Waals surface area contributed by atoms with Crippen molar-refractivity contribution in [2.24, 2.45) is 17.8 Å². The summed E-state index contributed by atoms with van der Waals surface area (Å²) in [5.74, 6) is 4.48. The highest BCUT2D eigenvalue weighted by molar-refractivity contribution is 6.10. The molecule has 1 spiro atoms. The van der Waals surface area contributed by atoms with Crippen LogP contribution < -0.4 is 35.4 Å². The minimum atomic E-state index is -0.385. The zero-order chi connectivity index (χ0) is 26.7. The molecule has 4 unspecified atom stereocenters. The molecule has 2 saturated heterocycles. The third kappa shape index (κ3) is 3.85. The van der Waals surface area contributed by atoms with Crippen LogP contribution in [-0.2, 0) is 14.9 Å². The monoisotopic (exact) mass is 535 g/mol. The number of hydrogen-bond donors (Lipinski definition) is 3. The maximum absolute atomic E-state index is 13.5. The van der Waals surface area contributed by atoms with E-state index in [0.717, 1.165) is 61.6 Å². The number of amides is 1. The number of rotatable bonds is 6. The van der Waals surface area contributed by atoms with Crippen LogP contribution in [0.3, 0.4) is 0 Å². The van der Waals surface area contributed by atoms with Gasteiger partial charge in [0, 0.05) is 37.8 Å². The van der Waals surface area contributed by atoms with Crippen molar-refractivity contribution in [1.82, 2.24) is 20.8 Å². The zero-order valence-electron chi connectivity index (χ0n) is 22.8. The topological polar surface area (TPSA) is 113 Å². The smallest absolute Gasteiger partial charge is 0.237 e. The molecule has 2 aliphatic carbocycles. The Kier molecular flexibility index (Phi) is 6.05. The lowest BCUT2D eigenvalue weighted by atomic mass is 9.74. The van der Waals surface area contributed by atoms with Crippen LogP contribution in [-0.4, -0.2) is 75.7 Å². The average Bonchev–Trinajstić information content (AvgIpc) is 3.57. The van der Waals surface area contributed by atoms with E-state index in [-0.39, 0.29) is 17.5 Å². The van der Waals surface area contributed by atoms with Crippen LogP contribution in [0.4, 0.5) is 17.3 Å². The summed E-state index contributed by atoms with van der Waals surface area (Å²) in [7, 11) is 5.26. The molecule has 1 aromatic heterocycles. The number of likely N-dealkylation sites (N-methyl/N-ethyl adjacent to an activating group) is 1. The van der Waals surface area contributed by atoms with E-state index in [1.165, 1.54) is 0 Å². The van der Waals surface area contributed by atoms with Crippen molar-refractivity contribution in [3.05, 3.63) is 30.1 Å². The Morgan fingerprint density at radius 3 is 2.77 bits per heavy atom. The van der Waals surface area contributed by atoms with E-state index in [1.54, 1.807) is 20.5 Å². The summed E-state index contributed by atoms with van der Waals surface area (Å²) >= 11 is 0. The maximum Gasteiger partial charge on any atom is 0.237 e. The minimum absolute atomic E-state index is 0.0229. The number of nitrogens with one attached hydrogen (secondary N) is 3. The molecule has 208 valence electrons. The SMILES string of the molecule is COc1ccc2c(c1)[C@]1(C[C@H]1C1CCC3C(C1)NNC3Nc1ncnc(N3CCOCC3)c1OC)C(=O)N2C. The Morgan fingerprint density at radius 2 is 1.97 bits per heavy atom. The Morgan fingerprint density at radius 1 is 1.13 bits per heavy atom. The molecule has 39 heavy (non-hydrogen) atoms. The number of aromatic nitrogens is 2. The van der Waals surface area contributed by atoms with Crippen LogP contribution in [0.5, 0.6) is 11.5 Å². The van der Waals surface area contributed by atoms with E-state index < -0.39 is 0 Å². The molecule has 11 nitrogen and oxygen atoms in total. The van der Waals surface area contributed by atoms with Gasteiger partial charge in [-0.05, 0) is 61.3 Å². The maximum atomic E-state index is 13.5. The van der Waals surface area contributed by atoms with Gasteiger partial charge in [0.25, 0.3) is 0 Å². The van der Waals surface area contributed by atoms with Gasteiger partial charge in [-0.1, -0.05) is 0 Å². The number of fused-ring (bicyclic) bond motifs is 3. The minimum Gasteiger partial charge on any atom is -0.497 e. The standard InChI is InChI=1S/C28H37N7O4/c1-34-22-7-5-17(37-2)13-19(22)28(27(34)36)14-20(28)16-4-6-18-21(12-16)32-33-24(18)31-25-23(38-3)26(30-15-29-25)35-8-10-39-11-9-35/h5,7,13,15-16,18,20-21,24,32-33H,4,6,8-12,14H2,1-3H3,(H,29,30,31)/t16?,18?,20-,21?,24?,28-/m0/s1. The van der Waals surface area contributed by atoms with Gasteiger partial charge in [-0.15, -0.1) is 0 Å². The quantitative estimate of drug-likeness (QED) is 0.507. The largest absolute Gasteiger partial charge is 0.497 e. The van der Waals surface area contributed by atoms with Crippen molar-refractivity contribution in [2.75, 3.05) is 62.7 Å². The number of morpholine rings is 1. The average molecular weight is 536 g/mol. The summed E-state index contributed by atoms with van der Waals surface area (Å²) in [6.07, 6.45) is 5.76. The molecule has 0 bridgehead atoms. The second-order valence-corrected chi connectivity index (χ2v) is 11.5. The van der Waals surface area contributed by atoms with Crippen molar-refractivity contribution in [1.29, 1.82) is 0 Å². The lowest BCUT2D eigenvalue weighted by Gasteiger charge is -2.34. The predicted octanol–water partition coefficient (Wildman–Crippen LogP) is 1.90. The van der Waals surface area contributed by atoms with Crippen LogP contribution in [0.25, 0.3) is 0 Å². The first-order chi connectivity index (χ1) is 19.0. The lowest BCUT2D eigenvalue weighted by molar-refractivity contribution is -0.120. The molecule has 5 aliphatic rings. The van der Waals surface area contributed by atoms with Crippen LogP contribution in [0.1, 0.15) is 31.2 Å². The summed E-state index contributed by atoms with van der Waals surface area (Å²) < 4.78 is 16.8. The third-order valence-electron chi connectivity index (χ3n) is 9.70. The first kappa shape index (κ1) is 24.9. The molecule has 4 fully saturated rings. The van der Waals surface area contributed by atoms with E-state index in [4.69, 9.17) is 14.2 Å². The molecular weight excluding hydrogens is 498 g/mol. The van der Waals surface area contributed by atoms with Crippen molar-refractivity contribution in [2.45, 2.75) is 43.3 Å². The fourth-order valence-corrected chi connectivity index (χ4v) is 7.64. The summed E-state index contributed by atoms with van der Waals surface area (Å²) in [5, 5.41) is 3.60. The first-order valence-electron chi connectivity index (χ1n) is 14.0. The van der Waals surface area contributed by atoms with Crippen molar-refractivity contribution in [3.8, 4) is 11.5 Å². The van der Waals surface area contributed by atoms with Gasteiger partial charge in [0.2, 0.25) is 11.7 Å².